The number of hydrogen-bond acceptors (Lipinski definition) is 7. The molecule has 0 bridgehead atoms. The van der Waals surface area contributed by atoms with Crippen molar-refractivity contribution in [3.63, 3.8) is 0 Å². The summed E-state index contributed by atoms with van der Waals surface area (Å²) in [5.74, 6) is 2.96. The van der Waals surface area contributed by atoms with Crippen LogP contribution in [0.1, 0.15) is 18.4 Å². The van der Waals surface area contributed by atoms with Gasteiger partial charge in [0.05, 0.1) is 7.11 Å². The molecule has 1 aromatic heterocycles. The van der Waals surface area contributed by atoms with E-state index >= 15 is 0 Å². The normalized spacial score (nSPS) is 19.1. The van der Waals surface area contributed by atoms with E-state index in [2.05, 4.69) is 20.2 Å². The fourth-order valence-corrected chi connectivity index (χ4v) is 3.33. The van der Waals surface area contributed by atoms with E-state index in [1.54, 1.807) is 19.5 Å². The van der Waals surface area contributed by atoms with E-state index in [0.29, 0.717) is 11.8 Å². The summed E-state index contributed by atoms with van der Waals surface area (Å²) >= 11 is 0. The van der Waals surface area contributed by atoms with Gasteiger partial charge >= 0.3 is 0 Å². The van der Waals surface area contributed by atoms with E-state index in [1.165, 1.54) is 0 Å². The molecule has 0 aliphatic carbocycles. The van der Waals surface area contributed by atoms with Gasteiger partial charge in [0.2, 0.25) is 18.5 Å². The zero-order chi connectivity index (χ0) is 17.1. The number of nitrogens with one attached hydrogen (secondary N) is 1. The number of benzene rings is 1. The highest BCUT2D eigenvalue weighted by Gasteiger charge is 2.23. The van der Waals surface area contributed by atoms with Gasteiger partial charge in [-0.1, -0.05) is 0 Å². The van der Waals surface area contributed by atoms with E-state index < -0.39 is 0 Å². The number of nitrogens with zero attached hydrogens (tertiary/aromatic N) is 3. The number of piperidine rings is 1. The molecular formula is C18H22N4O3. The molecule has 0 unspecified atom stereocenters. The van der Waals surface area contributed by atoms with E-state index in [9.17, 15) is 0 Å². The highest BCUT2D eigenvalue weighted by molar-refractivity contribution is 5.55. The Kier molecular flexibility index (Phi) is 4.56. The molecule has 0 spiro atoms. The van der Waals surface area contributed by atoms with Crippen molar-refractivity contribution in [2.75, 3.05) is 31.9 Å². The molecule has 0 saturated carbocycles. The third kappa shape index (κ3) is 3.46. The largest absolute Gasteiger partial charge is 0.493 e. The van der Waals surface area contributed by atoms with Gasteiger partial charge in [-0.25, -0.2) is 9.97 Å². The van der Waals surface area contributed by atoms with Crippen molar-refractivity contribution in [1.29, 1.82) is 0 Å². The first-order chi connectivity index (χ1) is 12.3. The molecule has 0 radical (unpaired) electrons. The summed E-state index contributed by atoms with van der Waals surface area (Å²) < 4.78 is 16.3. The fraction of sp³-hybridized carbons (Fsp3) is 0.444. The molecule has 3 heterocycles. The smallest absolute Gasteiger partial charge is 0.231 e. The molecule has 132 valence electrons. The molecule has 2 aliphatic rings. The lowest BCUT2D eigenvalue weighted by atomic mass is 10.1. The van der Waals surface area contributed by atoms with Gasteiger partial charge in [-0.3, -0.25) is 0 Å². The average molecular weight is 342 g/mol. The molecule has 2 aromatic rings. The second-order valence-corrected chi connectivity index (χ2v) is 6.25. The molecule has 2 aliphatic heterocycles. The van der Waals surface area contributed by atoms with Crippen LogP contribution in [0.4, 0.5) is 5.95 Å². The zero-order valence-electron chi connectivity index (χ0n) is 14.3. The van der Waals surface area contributed by atoms with Crippen molar-refractivity contribution in [2.45, 2.75) is 25.4 Å². The maximum Gasteiger partial charge on any atom is 0.231 e. The van der Waals surface area contributed by atoms with E-state index in [0.717, 1.165) is 55.5 Å². The standard InChI is InChI=1S/C18H22N4O3/c1-23-15-8-13(9-16-17(15)25-12-24-16)10-21-14-4-2-7-22(11-14)18-19-5-3-6-20-18/h3,5-6,8-9,14,21H,2,4,7,10-12H2,1H3/t14-/m1/s1. The predicted octanol–water partition coefficient (Wildman–Crippen LogP) is 1.97. The number of ether oxygens (including phenoxy) is 3. The summed E-state index contributed by atoms with van der Waals surface area (Å²) in [6, 6.07) is 6.25. The number of aromatic nitrogens is 2. The van der Waals surface area contributed by atoms with E-state index in [-0.39, 0.29) is 6.79 Å². The second-order valence-electron chi connectivity index (χ2n) is 6.25. The average Bonchev–Trinajstić information content (AvgIpc) is 3.15. The maximum atomic E-state index is 5.49. The Hall–Kier alpha value is -2.54. The molecular weight excluding hydrogens is 320 g/mol. The minimum absolute atomic E-state index is 0.247. The summed E-state index contributed by atoms with van der Waals surface area (Å²) in [4.78, 5) is 11.0. The fourth-order valence-electron chi connectivity index (χ4n) is 3.33. The second kappa shape index (κ2) is 7.14. The Morgan fingerprint density at radius 1 is 1.28 bits per heavy atom. The first kappa shape index (κ1) is 16.0. The van der Waals surface area contributed by atoms with Gasteiger partial charge in [0, 0.05) is 38.1 Å². The first-order valence-corrected chi connectivity index (χ1v) is 8.55. The third-order valence-corrected chi connectivity index (χ3v) is 4.57. The summed E-state index contributed by atoms with van der Waals surface area (Å²) in [6.45, 7) is 2.91. The highest BCUT2D eigenvalue weighted by atomic mass is 16.7. The third-order valence-electron chi connectivity index (χ3n) is 4.57. The van der Waals surface area contributed by atoms with Gasteiger partial charge in [0.15, 0.2) is 11.5 Å². The number of methoxy groups -OCH3 is 1. The Morgan fingerprint density at radius 2 is 2.16 bits per heavy atom. The van der Waals surface area contributed by atoms with Crippen LogP contribution in [0.2, 0.25) is 0 Å². The number of anilines is 1. The summed E-state index contributed by atoms with van der Waals surface area (Å²) in [6.07, 6.45) is 5.85. The minimum Gasteiger partial charge on any atom is -0.493 e. The van der Waals surface area contributed by atoms with Crippen LogP contribution < -0.4 is 24.4 Å². The Morgan fingerprint density at radius 3 is 3.00 bits per heavy atom. The van der Waals surface area contributed by atoms with Crippen LogP contribution in [-0.2, 0) is 6.54 Å². The monoisotopic (exact) mass is 342 g/mol. The van der Waals surface area contributed by atoms with Gasteiger partial charge in [0.25, 0.3) is 0 Å². The molecule has 7 heteroatoms. The lowest BCUT2D eigenvalue weighted by Gasteiger charge is -2.33. The topological polar surface area (TPSA) is 68.7 Å². The molecule has 4 rings (SSSR count). The van der Waals surface area contributed by atoms with Crippen LogP contribution in [0.3, 0.4) is 0 Å². The van der Waals surface area contributed by atoms with Gasteiger partial charge in [0.1, 0.15) is 0 Å². The van der Waals surface area contributed by atoms with Gasteiger partial charge in [-0.2, -0.15) is 0 Å². The first-order valence-electron chi connectivity index (χ1n) is 8.55. The Bertz CT molecular complexity index is 726. The quantitative estimate of drug-likeness (QED) is 0.891. The molecule has 1 N–H and O–H groups in total. The van der Waals surface area contributed by atoms with Crippen LogP contribution in [0, 0.1) is 0 Å². The van der Waals surface area contributed by atoms with Gasteiger partial charge < -0.3 is 24.4 Å². The van der Waals surface area contributed by atoms with Gasteiger partial charge in [-0.15, -0.1) is 0 Å². The van der Waals surface area contributed by atoms with Crippen molar-refractivity contribution in [1.82, 2.24) is 15.3 Å². The molecule has 1 aromatic carbocycles. The van der Waals surface area contributed by atoms with Crippen LogP contribution in [0.5, 0.6) is 17.2 Å². The Labute approximate surface area is 146 Å². The van der Waals surface area contributed by atoms with Crippen molar-refractivity contribution in [2.24, 2.45) is 0 Å². The minimum atomic E-state index is 0.247. The van der Waals surface area contributed by atoms with Gasteiger partial charge in [-0.05, 0) is 36.6 Å². The maximum absolute atomic E-state index is 5.49. The lowest BCUT2D eigenvalue weighted by Crippen LogP contribution is -2.46. The van der Waals surface area contributed by atoms with E-state index in [4.69, 9.17) is 14.2 Å². The summed E-state index contributed by atoms with van der Waals surface area (Å²) in [7, 11) is 1.65. The molecule has 7 nitrogen and oxygen atoms in total. The zero-order valence-corrected chi connectivity index (χ0v) is 14.3. The molecule has 25 heavy (non-hydrogen) atoms. The van der Waals surface area contributed by atoms with E-state index in [1.807, 2.05) is 18.2 Å². The SMILES string of the molecule is COc1cc(CN[C@@H]2CCCN(c3ncccn3)C2)cc2c1OCO2. The molecule has 1 atom stereocenters. The number of rotatable bonds is 5. The summed E-state index contributed by atoms with van der Waals surface area (Å²) in [5.41, 5.74) is 1.12. The lowest BCUT2D eigenvalue weighted by molar-refractivity contribution is 0.171. The van der Waals surface area contributed by atoms with Crippen LogP contribution in [-0.4, -0.2) is 43.0 Å². The predicted molar refractivity (Wildman–Crippen MR) is 93.2 cm³/mol. The van der Waals surface area contributed by atoms with Crippen LogP contribution in [0.25, 0.3) is 0 Å². The molecule has 0 amide bonds. The van der Waals surface area contributed by atoms with Crippen molar-refractivity contribution in [3.05, 3.63) is 36.2 Å². The van der Waals surface area contributed by atoms with Crippen LogP contribution in [0.15, 0.2) is 30.6 Å². The van der Waals surface area contributed by atoms with Crippen molar-refractivity contribution >= 4 is 5.95 Å². The summed E-state index contributed by atoms with van der Waals surface area (Å²) in [5, 5.41) is 3.63. The molecule has 1 fully saturated rings. The Balaban J connectivity index is 1.40. The van der Waals surface area contributed by atoms with Crippen molar-refractivity contribution in [3.8, 4) is 17.2 Å². The highest BCUT2D eigenvalue weighted by Crippen LogP contribution is 2.41. The van der Waals surface area contributed by atoms with Crippen molar-refractivity contribution < 1.29 is 14.2 Å². The number of fused-ring (bicyclic) bond motifs is 1. The molecule has 1 saturated heterocycles. The van der Waals surface area contributed by atoms with Crippen LogP contribution >= 0.6 is 0 Å². The number of hydrogen-bond donors (Lipinski definition) is 1.